The van der Waals surface area contributed by atoms with Crippen molar-refractivity contribution in [3.05, 3.63) is 41.7 Å². The Morgan fingerprint density at radius 3 is 2.81 bits per heavy atom. The van der Waals surface area contributed by atoms with Crippen molar-refractivity contribution in [2.24, 2.45) is 0 Å². The van der Waals surface area contributed by atoms with Crippen LogP contribution in [0.5, 0.6) is 0 Å². The fourth-order valence-corrected chi connectivity index (χ4v) is 2.25. The molecule has 1 fully saturated rings. The second-order valence-electron chi connectivity index (χ2n) is 5.32. The zero-order valence-electron chi connectivity index (χ0n) is 12.4. The van der Waals surface area contributed by atoms with Crippen LogP contribution in [0.2, 0.25) is 0 Å². The molecule has 1 N–H and O–H groups in total. The van der Waals surface area contributed by atoms with Gasteiger partial charge in [0.2, 0.25) is 5.91 Å². The summed E-state index contributed by atoms with van der Waals surface area (Å²) in [6.07, 6.45) is 3.06. The summed E-state index contributed by atoms with van der Waals surface area (Å²) in [6, 6.07) is 6.17. The number of hydrogen-bond acceptors (Lipinski definition) is 3. The van der Waals surface area contributed by atoms with E-state index in [9.17, 15) is 9.18 Å². The Kier molecular flexibility index (Phi) is 5.90. The molecule has 1 aromatic rings. The summed E-state index contributed by atoms with van der Waals surface area (Å²) in [5.74, 6) is -0.444. The molecule has 0 atom stereocenters. The highest BCUT2D eigenvalue weighted by Crippen LogP contribution is 2.05. The lowest BCUT2D eigenvalue weighted by Crippen LogP contribution is -2.46. The van der Waals surface area contributed by atoms with E-state index in [1.165, 1.54) is 18.2 Å². The second-order valence-corrected chi connectivity index (χ2v) is 5.32. The van der Waals surface area contributed by atoms with Crippen LogP contribution in [0, 0.1) is 5.82 Å². The van der Waals surface area contributed by atoms with Crippen molar-refractivity contribution in [2.75, 3.05) is 46.3 Å². The number of nitrogens with zero attached hydrogens (tertiary/aromatic N) is 2. The smallest absolute Gasteiger partial charge is 0.244 e. The van der Waals surface area contributed by atoms with E-state index in [4.69, 9.17) is 0 Å². The van der Waals surface area contributed by atoms with E-state index in [1.807, 2.05) is 0 Å². The summed E-state index contributed by atoms with van der Waals surface area (Å²) in [5, 5.41) is 2.85. The number of likely N-dealkylation sites (N-methyl/N-ethyl adjacent to an activating group) is 1. The first kappa shape index (κ1) is 15.7. The standard InChI is InChI=1S/C16H22FN3O/c1-19-9-11-20(12-10-19)8-7-18-16(21)6-5-14-3-2-4-15(17)13-14/h2-6,13H,7-12H2,1H3,(H,18,21). The van der Waals surface area contributed by atoms with Gasteiger partial charge in [0.15, 0.2) is 0 Å². The van der Waals surface area contributed by atoms with Crippen LogP contribution in [0.3, 0.4) is 0 Å². The third-order valence-electron chi connectivity index (χ3n) is 3.60. The molecule has 1 saturated heterocycles. The Morgan fingerprint density at radius 1 is 1.33 bits per heavy atom. The molecule has 0 bridgehead atoms. The van der Waals surface area contributed by atoms with Gasteiger partial charge < -0.3 is 10.2 Å². The summed E-state index contributed by atoms with van der Waals surface area (Å²) in [4.78, 5) is 16.3. The maximum atomic E-state index is 13.0. The number of nitrogens with one attached hydrogen (secondary N) is 1. The molecule has 0 saturated carbocycles. The van der Waals surface area contributed by atoms with Gasteiger partial charge in [0.1, 0.15) is 5.82 Å². The van der Waals surface area contributed by atoms with Gasteiger partial charge in [0.25, 0.3) is 0 Å². The van der Waals surface area contributed by atoms with Crippen LogP contribution in [0.15, 0.2) is 30.3 Å². The monoisotopic (exact) mass is 291 g/mol. The van der Waals surface area contributed by atoms with E-state index >= 15 is 0 Å². The topological polar surface area (TPSA) is 35.6 Å². The minimum absolute atomic E-state index is 0.145. The molecule has 4 nitrogen and oxygen atoms in total. The van der Waals surface area contributed by atoms with Crippen LogP contribution in [0.25, 0.3) is 6.08 Å². The number of carbonyl (C=O) groups is 1. The van der Waals surface area contributed by atoms with Gasteiger partial charge in [-0.2, -0.15) is 0 Å². The van der Waals surface area contributed by atoms with Crippen molar-refractivity contribution in [1.82, 2.24) is 15.1 Å². The van der Waals surface area contributed by atoms with Crippen LogP contribution in [-0.2, 0) is 4.79 Å². The fourth-order valence-electron chi connectivity index (χ4n) is 2.25. The number of piperazine rings is 1. The largest absolute Gasteiger partial charge is 0.351 e. The lowest BCUT2D eigenvalue weighted by molar-refractivity contribution is -0.116. The van der Waals surface area contributed by atoms with Crippen LogP contribution >= 0.6 is 0 Å². The summed E-state index contributed by atoms with van der Waals surface area (Å²) in [6.45, 7) is 5.75. The first-order chi connectivity index (χ1) is 10.1. The number of carbonyl (C=O) groups excluding carboxylic acids is 1. The Bertz CT molecular complexity index is 496. The number of amides is 1. The predicted molar refractivity (Wildman–Crippen MR) is 82.4 cm³/mol. The van der Waals surface area contributed by atoms with Crippen molar-refractivity contribution >= 4 is 12.0 Å². The molecule has 1 heterocycles. The van der Waals surface area contributed by atoms with Crippen molar-refractivity contribution in [2.45, 2.75) is 0 Å². The molecule has 5 heteroatoms. The Balaban J connectivity index is 1.68. The highest BCUT2D eigenvalue weighted by molar-refractivity contribution is 5.91. The quantitative estimate of drug-likeness (QED) is 0.828. The van der Waals surface area contributed by atoms with E-state index < -0.39 is 0 Å². The zero-order valence-corrected chi connectivity index (χ0v) is 12.4. The number of benzene rings is 1. The molecule has 2 rings (SSSR count). The van der Waals surface area contributed by atoms with Gasteiger partial charge in [0.05, 0.1) is 0 Å². The second kappa shape index (κ2) is 7.90. The normalized spacial score (nSPS) is 17.2. The Labute approximate surface area is 125 Å². The third kappa shape index (κ3) is 5.65. The summed E-state index contributed by atoms with van der Waals surface area (Å²) < 4.78 is 13.0. The minimum atomic E-state index is -0.298. The number of halogens is 1. The first-order valence-corrected chi connectivity index (χ1v) is 7.26. The average Bonchev–Trinajstić information content (AvgIpc) is 2.47. The average molecular weight is 291 g/mol. The van der Waals surface area contributed by atoms with E-state index in [2.05, 4.69) is 22.2 Å². The van der Waals surface area contributed by atoms with Crippen LogP contribution in [-0.4, -0.2) is 62.0 Å². The molecule has 1 aromatic carbocycles. The van der Waals surface area contributed by atoms with E-state index in [-0.39, 0.29) is 11.7 Å². The molecule has 1 amide bonds. The molecule has 1 aliphatic rings. The molecule has 0 radical (unpaired) electrons. The van der Waals surface area contributed by atoms with E-state index in [0.29, 0.717) is 12.1 Å². The summed E-state index contributed by atoms with van der Waals surface area (Å²) in [7, 11) is 2.12. The lowest BCUT2D eigenvalue weighted by Gasteiger charge is -2.32. The van der Waals surface area contributed by atoms with Crippen molar-refractivity contribution in [1.29, 1.82) is 0 Å². The molecule has 21 heavy (non-hydrogen) atoms. The van der Waals surface area contributed by atoms with Gasteiger partial charge in [-0.05, 0) is 30.8 Å². The van der Waals surface area contributed by atoms with Crippen LogP contribution in [0.1, 0.15) is 5.56 Å². The third-order valence-corrected chi connectivity index (χ3v) is 3.60. The predicted octanol–water partition coefficient (Wildman–Crippen LogP) is 1.20. The molecule has 0 aliphatic carbocycles. The SMILES string of the molecule is CN1CCN(CCNC(=O)C=Cc2cccc(F)c2)CC1. The van der Waals surface area contributed by atoms with E-state index in [1.54, 1.807) is 18.2 Å². The molecule has 1 aliphatic heterocycles. The Morgan fingerprint density at radius 2 is 2.10 bits per heavy atom. The van der Waals surface area contributed by atoms with Gasteiger partial charge in [-0.15, -0.1) is 0 Å². The minimum Gasteiger partial charge on any atom is -0.351 e. The van der Waals surface area contributed by atoms with Gasteiger partial charge in [-0.1, -0.05) is 12.1 Å². The molecule has 0 spiro atoms. The van der Waals surface area contributed by atoms with Crippen LogP contribution < -0.4 is 5.32 Å². The van der Waals surface area contributed by atoms with Crippen molar-refractivity contribution in [3.8, 4) is 0 Å². The first-order valence-electron chi connectivity index (χ1n) is 7.26. The number of hydrogen-bond donors (Lipinski definition) is 1. The fraction of sp³-hybridized carbons (Fsp3) is 0.438. The highest BCUT2D eigenvalue weighted by Gasteiger charge is 2.12. The molecular weight excluding hydrogens is 269 g/mol. The van der Waals surface area contributed by atoms with Gasteiger partial charge in [-0.25, -0.2) is 4.39 Å². The highest BCUT2D eigenvalue weighted by atomic mass is 19.1. The molecule has 0 unspecified atom stereocenters. The van der Waals surface area contributed by atoms with Crippen molar-refractivity contribution < 1.29 is 9.18 Å². The number of rotatable bonds is 5. The lowest BCUT2D eigenvalue weighted by atomic mass is 10.2. The van der Waals surface area contributed by atoms with E-state index in [0.717, 1.165) is 32.7 Å². The molecule has 0 aromatic heterocycles. The molecule has 114 valence electrons. The van der Waals surface area contributed by atoms with Crippen molar-refractivity contribution in [3.63, 3.8) is 0 Å². The summed E-state index contributed by atoms with van der Waals surface area (Å²) >= 11 is 0. The molecular formula is C16H22FN3O. The summed E-state index contributed by atoms with van der Waals surface area (Å²) in [5.41, 5.74) is 0.684. The van der Waals surface area contributed by atoms with Crippen LogP contribution in [0.4, 0.5) is 4.39 Å². The maximum absolute atomic E-state index is 13.0. The maximum Gasteiger partial charge on any atom is 0.244 e. The van der Waals surface area contributed by atoms with Gasteiger partial charge in [0, 0.05) is 45.3 Å². The Hall–Kier alpha value is -1.72. The van der Waals surface area contributed by atoms with Gasteiger partial charge >= 0.3 is 0 Å². The zero-order chi connectivity index (χ0) is 15.1. The van der Waals surface area contributed by atoms with Gasteiger partial charge in [-0.3, -0.25) is 9.69 Å².